The van der Waals surface area contributed by atoms with Crippen LogP contribution in [-0.4, -0.2) is 41.0 Å². The van der Waals surface area contributed by atoms with E-state index >= 15 is 0 Å². The number of nitrogens with zero attached hydrogens (tertiary/aromatic N) is 3. The maximum Gasteiger partial charge on any atom is 0.417 e. The third-order valence-electron chi connectivity index (χ3n) is 4.26. The summed E-state index contributed by atoms with van der Waals surface area (Å²) in [5.41, 5.74) is 1.54. The van der Waals surface area contributed by atoms with Crippen molar-refractivity contribution in [3.63, 3.8) is 0 Å². The fraction of sp³-hybridized carbons (Fsp3) is 0.278. The van der Waals surface area contributed by atoms with Crippen molar-refractivity contribution in [3.05, 3.63) is 52.9 Å². The number of rotatable bonds is 3. The van der Waals surface area contributed by atoms with Crippen molar-refractivity contribution in [1.29, 1.82) is 0 Å². The first-order chi connectivity index (χ1) is 13.3. The van der Waals surface area contributed by atoms with Crippen molar-refractivity contribution < 1.29 is 18.0 Å². The summed E-state index contributed by atoms with van der Waals surface area (Å²) in [5.74, 6) is 0.0557. The molecule has 0 saturated carbocycles. The van der Waals surface area contributed by atoms with Crippen molar-refractivity contribution in [2.45, 2.75) is 12.6 Å². The smallest absolute Gasteiger partial charge is 0.387 e. The summed E-state index contributed by atoms with van der Waals surface area (Å²) in [6.45, 7) is 0.748. The van der Waals surface area contributed by atoms with Gasteiger partial charge >= 0.3 is 12.2 Å². The minimum atomic E-state index is -4.47. The highest BCUT2D eigenvalue weighted by Crippen LogP contribution is 2.30. The molecule has 0 unspecified atom stereocenters. The van der Waals surface area contributed by atoms with Crippen LogP contribution in [0.15, 0.2) is 36.7 Å². The predicted molar refractivity (Wildman–Crippen MR) is 101 cm³/mol. The third-order valence-corrected chi connectivity index (χ3v) is 4.54. The molecule has 3 heterocycles. The molecule has 2 aromatic rings. The van der Waals surface area contributed by atoms with Crippen LogP contribution in [0.3, 0.4) is 0 Å². The molecule has 0 aromatic carbocycles. The minimum absolute atomic E-state index is 0.0557. The molecule has 28 heavy (non-hydrogen) atoms. The van der Waals surface area contributed by atoms with E-state index in [2.05, 4.69) is 20.6 Å². The molecule has 1 aliphatic heterocycles. The summed E-state index contributed by atoms with van der Waals surface area (Å²) < 4.78 is 37.7. The zero-order valence-electron chi connectivity index (χ0n) is 14.8. The van der Waals surface area contributed by atoms with E-state index < -0.39 is 17.8 Å². The third kappa shape index (κ3) is 4.53. The second-order valence-electron chi connectivity index (χ2n) is 6.09. The van der Waals surface area contributed by atoms with Gasteiger partial charge in [0, 0.05) is 26.3 Å². The number of anilines is 2. The monoisotopic (exact) mass is 411 g/mol. The van der Waals surface area contributed by atoms with Crippen LogP contribution in [0.1, 0.15) is 17.7 Å². The Kier molecular flexibility index (Phi) is 5.73. The summed E-state index contributed by atoms with van der Waals surface area (Å²) >= 11 is 6.27. The molecular weight excluding hydrogens is 395 g/mol. The van der Waals surface area contributed by atoms with Crippen LogP contribution in [0.4, 0.5) is 29.5 Å². The molecule has 1 aliphatic rings. The van der Waals surface area contributed by atoms with Gasteiger partial charge in [0.15, 0.2) is 0 Å². The molecule has 0 saturated heterocycles. The van der Waals surface area contributed by atoms with Crippen LogP contribution >= 0.6 is 11.6 Å². The average Bonchev–Trinajstić information content (AvgIpc) is 2.67. The zero-order valence-corrected chi connectivity index (χ0v) is 15.6. The second kappa shape index (κ2) is 8.05. The lowest BCUT2D eigenvalue weighted by molar-refractivity contribution is -0.137. The number of nitrogens with one attached hydrogen (secondary N) is 2. The van der Waals surface area contributed by atoms with Gasteiger partial charge in [0.2, 0.25) is 0 Å². The molecule has 0 radical (unpaired) electrons. The molecule has 0 spiro atoms. The molecule has 0 aliphatic carbocycles. The first-order valence-electron chi connectivity index (χ1n) is 8.40. The van der Waals surface area contributed by atoms with E-state index in [0.717, 1.165) is 23.4 Å². The van der Waals surface area contributed by atoms with Crippen LogP contribution in [0.25, 0.3) is 5.57 Å². The molecule has 148 valence electrons. The van der Waals surface area contributed by atoms with Crippen LogP contribution in [0.5, 0.6) is 0 Å². The zero-order chi connectivity index (χ0) is 20.3. The van der Waals surface area contributed by atoms with E-state index in [4.69, 9.17) is 11.6 Å². The van der Waals surface area contributed by atoms with E-state index in [1.807, 2.05) is 6.08 Å². The lowest BCUT2D eigenvalue weighted by atomic mass is 10.0. The Morgan fingerprint density at radius 3 is 2.57 bits per heavy atom. The van der Waals surface area contributed by atoms with Crippen molar-refractivity contribution >= 4 is 34.7 Å². The van der Waals surface area contributed by atoms with Gasteiger partial charge in [-0.25, -0.2) is 9.78 Å². The van der Waals surface area contributed by atoms with Crippen LogP contribution < -0.4 is 10.6 Å². The quantitative estimate of drug-likeness (QED) is 0.779. The highest BCUT2D eigenvalue weighted by Gasteiger charge is 2.30. The molecule has 2 aromatic heterocycles. The predicted octanol–water partition coefficient (Wildman–Crippen LogP) is 4.51. The summed E-state index contributed by atoms with van der Waals surface area (Å²) in [4.78, 5) is 21.8. The molecule has 0 atom stereocenters. The average molecular weight is 412 g/mol. The number of carbonyl (C=O) groups is 1. The molecule has 0 fully saturated rings. The number of hydrogen-bond donors (Lipinski definition) is 2. The van der Waals surface area contributed by atoms with Gasteiger partial charge < -0.3 is 10.2 Å². The summed E-state index contributed by atoms with van der Waals surface area (Å²) in [6, 6.07) is 3.34. The van der Waals surface area contributed by atoms with Gasteiger partial charge in [-0.3, -0.25) is 10.3 Å². The second-order valence-corrected chi connectivity index (χ2v) is 6.50. The van der Waals surface area contributed by atoms with Gasteiger partial charge in [-0.2, -0.15) is 13.2 Å². The lowest BCUT2D eigenvalue weighted by Gasteiger charge is -2.26. The maximum absolute atomic E-state index is 12.6. The normalized spacial score (nSPS) is 14.5. The van der Waals surface area contributed by atoms with Gasteiger partial charge in [0.05, 0.1) is 28.2 Å². The van der Waals surface area contributed by atoms with Crippen LogP contribution in [-0.2, 0) is 6.18 Å². The molecule has 2 amide bonds. The van der Waals surface area contributed by atoms with E-state index in [1.165, 1.54) is 4.90 Å². The fourth-order valence-electron chi connectivity index (χ4n) is 2.70. The van der Waals surface area contributed by atoms with Crippen molar-refractivity contribution in [2.24, 2.45) is 0 Å². The lowest BCUT2D eigenvalue weighted by Crippen LogP contribution is -2.38. The molecule has 3 rings (SSSR count). The van der Waals surface area contributed by atoms with E-state index in [0.29, 0.717) is 36.4 Å². The summed E-state index contributed by atoms with van der Waals surface area (Å²) in [6.07, 6.45) is 0.310. The molecule has 0 bridgehead atoms. The highest BCUT2D eigenvalue weighted by molar-refractivity contribution is 6.32. The first-order valence-corrected chi connectivity index (χ1v) is 8.77. The van der Waals surface area contributed by atoms with E-state index in [1.54, 1.807) is 19.3 Å². The standard InChI is InChI=1S/C18H17ClF3N5O/c1-23-13-8-14(19)16(25-10-13)11-4-6-27(7-5-11)17(28)26-15-3-2-12(9-24-15)18(20,21)22/h2-4,8-10,23H,5-7H2,1H3,(H,24,26,28). The largest absolute Gasteiger partial charge is 0.417 e. The SMILES string of the molecule is CNc1cnc(C2=CCN(C(=O)Nc3ccc(C(F)(F)F)cn3)CC2)c(Cl)c1. The van der Waals surface area contributed by atoms with Gasteiger partial charge in [-0.05, 0) is 30.2 Å². The Bertz CT molecular complexity index is 899. The van der Waals surface area contributed by atoms with Gasteiger partial charge in [-0.15, -0.1) is 0 Å². The Labute approximate surface area is 164 Å². The number of carbonyl (C=O) groups excluding carboxylic acids is 1. The van der Waals surface area contributed by atoms with Gasteiger partial charge in [0.25, 0.3) is 0 Å². The maximum atomic E-state index is 12.6. The van der Waals surface area contributed by atoms with E-state index in [-0.39, 0.29) is 5.82 Å². The fourth-order valence-corrected chi connectivity index (χ4v) is 2.99. The highest BCUT2D eigenvalue weighted by atomic mass is 35.5. The number of amides is 2. The number of urea groups is 1. The Balaban J connectivity index is 1.63. The molecular formula is C18H17ClF3N5O. The number of alkyl halides is 3. The van der Waals surface area contributed by atoms with Crippen molar-refractivity contribution in [1.82, 2.24) is 14.9 Å². The van der Waals surface area contributed by atoms with Gasteiger partial charge in [-0.1, -0.05) is 17.7 Å². The van der Waals surface area contributed by atoms with Crippen molar-refractivity contribution in [2.75, 3.05) is 30.8 Å². The minimum Gasteiger partial charge on any atom is -0.387 e. The number of pyridine rings is 2. The molecule has 6 nitrogen and oxygen atoms in total. The van der Waals surface area contributed by atoms with Crippen LogP contribution in [0.2, 0.25) is 5.02 Å². The van der Waals surface area contributed by atoms with Gasteiger partial charge in [0.1, 0.15) is 5.82 Å². The molecule has 2 N–H and O–H groups in total. The summed E-state index contributed by atoms with van der Waals surface area (Å²) in [7, 11) is 1.77. The number of hydrogen-bond acceptors (Lipinski definition) is 4. The molecule has 10 heteroatoms. The van der Waals surface area contributed by atoms with E-state index in [9.17, 15) is 18.0 Å². The van der Waals surface area contributed by atoms with Crippen LogP contribution in [0, 0.1) is 0 Å². The van der Waals surface area contributed by atoms with Crippen molar-refractivity contribution in [3.8, 4) is 0 Å². The topological polar surface area (TPSA) is 70.2 Å². The number of halogens is 4. The Morgan fingerprint density at radius 2 is 2.04 bits per heavy atom. The number of aromatic nitrogens is 2. The summed E-state index contributed by atoms with van der Waals surface area (Å²) in [5, 5.41) is 5.98. The first kappa shape index (κ1) is 19.9. The Morgan fingerprint density at radius 1 is 1.25 bits per heavy atom. The Hall–Kier alpha value is -2.81.